The van der Waals surface area contributed by atoms with Crippen LogP contribution in [0, 0.1) is 0 Å². The van der Waals surface area contributed by atoms with Gasteiger partial charge in [-0.15, -0.1) is 0 Å². The van der Waals surface area contributed by atoms with Gasteiger partial charge in [0.25, 0.3) is 0 Å². The lowest BCUT2D eigenvalue weighted by Gasteiger charge is -2.31. The van der Waals surface area contributed by atoms with E-state index in [4.69, 9.17) is 0 Å². The standard InChI is InChI=1S/C48H38/c1-47(2)41-29-33(25-23-31-15-7-5-8-16-31)35-19-11-13-21-37(35)43(41)39-27-28-40-44-38-22-14-12-20-36(38)34(26-24-32-17-9-6-10-18-32)30-42(44)48(3,4)46(40)45(39)47/h5-30H,1-4H3. The van der Waals surface area contributed by atoms with Crippen molar-refractivity contribution in [3.05, 3.63) is 178 Å². The summed E-state index contributed by atoms with van der Waals surface area (Å²) in [5.74, 6) is 0. The molecule has 7 aromatic carbocycles. The average Bonchev–Trinajstić information content (AvgIpc) is 3.49. The molecule has 0 amide bonds. The number of hydrogen-bond donors (Lipinski definition) is 0. The fourth-order valence-electron chi connectivity index (χ4n) is 8.74. The number of fused-ring (bicyclic) bond motifs is 11. The summed E-state index contributed by atoms with van der Waals surface area (Å²) in [6.07, 6.45) is 9.10. The molecule has 0 fully saturated rings. The molecule has 0 spiro atoms. The fourth-order valence-corrected chi connectivity index (χ4v) is 8.74. The highest BCUT2D eigenvalue weighted by Crippen LogP contribution is 2.61. The number of benzene rings is 7. The molecule has 7 aromatic rings. The number of rotatable bonds is 4. The molecule has 0 aliphatic heterocycles. The van der Waals surface area contributed by atoms with Crippen LogP contribution in [-0.4, -0.2) is 0 Å². The van der Waals surface area contributed by atoms with Gasteiger partial charge < -0.3 is 0 Å². The lowest BCUT2D eigenvalue weighted by molar-refractivity contribution is 0.601. The molecular weight excluding hydrogens is 577 g/mol. The van der Waals surface area contributed by atoms with E-state index in [0.29, 0.717) is 0 Å². The summed E-state index contributed by atoms with van der Waals surface area (Å²) in [6, 6.07) is 49.0. The van der Waals surface area contributed by atoms with Gasteiger partial charge in [0, 0.05) is 10.8 Å². The van der Waals surface area contributed by atoms with Crippen LogP contribution in [0.5, 0.6) is 0 Å². The molecule has 0 saturated heterocycles. The molecular formula is C48H38. The van der Waals surface area contributed by atoms with Crippen LogP contribution in [0.25, 0.3) is 68.1 Å². The number of hydrogen-bond acceptors (Lipinski definition) is 0. The Morgan fingerprint density at radius 2 is 0.729 bits per heavy atom. The molecule has 0 heterocycles. The van der Waals surface area contributed by atoms with Crippen molar-refractivity contribution in [3.8, 4) is 22.3 Å². The third-order valence-corrected chi connectivity index (χ3v) is 11.0. The molecule has 0 saturated carbocycles. The molecule has 0 radical (unpaired) electrons. The molecule has 9 rings (SSSR count). The Morgan fingerprint density at radius 3 is 1.12 bits per heavy atom. The van der Waals surface area contributed by atoms with Crippen molar-refractivity contribution in [1.29, 1.82) is 0 Å². The van der Waals surface area contributed by atoms with Crippen molar-refractivity contribution in [2.45, 2.75) is 38.5 Å². The SMILES string of the molecule is CC1(C)c2cc(C=Cc3ccccc3)c3ccccc3c2-c2ccc3c(c21)C(C)(C)c1cc(C=Cc2ccccc2)c2ccccc2c1-3. The Balaban J connectivity index is 1.26. The smallest absolute Gasteiger partial charge is 0.0162 e. The van der Waals surface area contributed by atoms with E-state index in [1.54, 1.807) is 0 Å². The van der Waals surface area contributed by atoms with E-state index in [-0.39, 0.29) is 10.8 Å². The molecule has 0 aromatic heterocycles. The Hall–Kier alpha value is -5.46. The van der Waals surface area contributed by atoms with Gasteiger partial charge in [-0.05, 0) is 100 Å². The van der Waals surface area contributed by atoms with E-state index in [9.17, 15) is 0 Å². The van der Waals surface area contributed by atoms with Gasteiger partial charge in [-0.3, -0.25) is 0 Å². The van der Waals surface area contributed by atoms with Gasteiger partial charge in [0.2, 0.25) is 0 Å². The van der Waals surface area contributed by atoms with Crippen LogP contribution in [0.3, 0.4) is 0 Å². The summed E-state index contributed by atoms with van der Waals surface area (Å²) in [5, 5.41) is 5.27. The zero-order chi connectivity index (χ0) is 32.6. The second kappa shape index (κ2) is 10.5. The minimum absolute atomic E-state index is 0.166. The minimum atomic E-state index is -0.166. The van der Waals surface area contributed by atoms with E-state index in [1.807, 2.05) is 0 Å². The minimum Gasteiger partial charge on any atom is -0.0622 e. The predicted octanol–water partition coefficient (Wildman–Crippen LogP) is 12.9. The second-order valence-electron chi connectivity index (χ2n) is 14.5. The summed E-state index contributed by atoms with van der Waals surface area (Å²) in [4.78, 5) is 0. The largest absolute Gasteiger partial charge is 0.0622 e. The summed E-state index contributed by atoms with van der Waals surface area (Å²) < 4.78 is 0. The van der Waals surface area contributed by atoms with Gasteiger partial charge >= 0.3 is 0 Å². The van der Waals surface area contributed by atoms with Gasteiger partial charge in [-0.2, -0.15) is 0 Å². The first-order valence-electron chi connectivity index (χ1n) is 17.1. The van der Waals surface area contributed by atoms with E-state index in [0.717, 1.165) is 0 Å². The van der Waals surface area contributed by atoms with Gasteiger partial charge in [0.1, 0.15) is 0 Å². The molecule has 0 unspecified atom stereocenters. The van der Waals surface area contributed by atoms with Crippen molar-refractivity contribution in [2.24, 2.45) is 0 Å². The van der Waals surface area contributed by atoms with E-state index >= 15 is 0 Å². The van der Waals surface area contributed by atoms with Gasteiger partial charge in [0.15, 0.2) is 0 Å². The van der Waals surface area contributed by atoms with Crippen molar-refractivity contribution >= 4 is 45.8 Å². The topological polar surface area (TPSA) is 0 Å². The van der Waals surface area contributed by atoms with Crippen molar-refractivity contribution in [1.82, 2.24) is 0 Å². The third kappa shape index (κ3) is 4.15. The summed E-state index contributed by atoms with van der Waals surface area (Å²) in [5.41, 5.74) is 16.0. The predicted molar refractivity (Wildman–Crippen MR) is 207 cm³/mol. The normalized spacial score (nSPS) is 15.2. The van der Waals surface area contributed by atoms with Gasteiger partial charge in [-0.1, -0.05) is 173 Å². The van der Waals surface area contributed by atoms with Crippen LogP contribution >= 0.6 is 0 Å². The van der Waals surface area contributed by atoms with Crippen molar-refractivity contribution in [2.75, 3.05) is 0 Å². The van der Waals surface area contributed by atoms with Crippen LogP contribution in [-0.2, 0) is 10.8 Å². The molecule has 2 aliphatic carbocycles. The molecule has 48 heavy (non-hydrogen) atoms. The highest BCUT2D eigenvalue weighted by atomic mass is 14.5. The first-order valence-corrected chi connectivity index (χ1v) is 17.1. The van der Waals surface area contributed by atoms with E-state index in [1.165, 1.54) is 88.3 Å². The molecule has 0 bridgehead atoms. The van der Waals surface area contributed by atoms with Gasteiger partial charge in [-0.25, -0.2) is 0 Å². The summed E-state index contributed by atoms with van der Waals surface area (Å²) >= 11 is 0. The summed E-state index contributed by atoms with van der Waals surface area (Å²) in [6.45, 7) is 9.79. The Bertz CT molecular complexity index is 2290. The first-order chi connectivity index (χ1) is 23.3. The zero-order valence-electron chi connectivity index (χ0n) is 28.0. The molecule has 0 heteroatoms. The van der Waals surface area contributed by atoms with Gasteiger partial charge in [0.05, 0.1) is 0 Å². The zero-order valence-corrected chi connectivity index (χ0v) is 28.0. The highest BCUT2D eigenvalue weighted by molar-refractivity contribution is 6.10. The molecule has 230 valence electrons. The summed E-state index contributed by atoms with van der Waals surface area (Å²) in [7, 11) is 0. The first kappa shape index (κ1) is 28.7. The molecule has 0 nitrogen and oxygen atoms in total. The van der Waals surface area contributed by atoms with E-state index in [2.05, 4.69) is 185 Å². The van der Waals surface area contributed by atoms with Crippen LogP contribution in [0.4, 0.5) is 0 Å². The monoisotopic (exact) mass is 614 g/mol. The highest BCUT2D eigenvalue weighted by Gasteiger charge is 2.46. The fraction of sp³-hybridized carbons (Fsp3) is 0.125. The van der Waals surface area contributed by atoms with Crippen LogP contribution in [0.15, 0.2) is 133 Å². The third-order valence-electron chi connectivity index (χ3n) is 11.0. The lowest BCUT2D eigenvalue weighted by atomic mass is 9.72. The molecule has 0 atom stereocenters. The second-order valence-corrected chi connectivity index (χ2v) is 14.5. The lowest BCUT2D eigenvalue weighted by Crippen LogP contribution is -2.24. The van der Waals surface area contributed by atoms with Crippen LogP contribution < -0.4 is 0 Å². The van der Waals surface area contributed by atoms with Crippen LogP contribution in [0.2, 0.25) is 0 Å². The Morgan fingerprint density at radius 1 is 0.375 bits per heavy atom. The quantitative estimate of drug-likeness (QED) is 0.173. The maximum absolute atomic E-state index is 2.47. The molecule has 0 N–H and O–H groups in total. The average molecular weight is 615 g/mol. The van der Waals surface area contributed by atoms with Crippen molar-refractivity contribution in [3.63, 3.8) is 0 Å². The Kier molecular flexibility index (Phi) is 6.30. The van der Waals surface area contributed by atoms with Crippen molar-refractivity contribution < 1.29 is 0 Å². The maximum atomic E-state index is 2.47. The van der Waals surface area contributed by atoms with Crippen LogP contribution in [0.1, 0.15) is 72.2 Å². The Labute approximate surface area is 283 Å². The molecule has 2 aliphatic rings. The van der Waals surface area contributed by atoms with E-state index < -0.39 is 0 Å². The maximum Gasteiger partial charge on any atom is 0.0162 e.